The van der Waals surface area contributed by atoms with Crippen molar-refractivity contribution in [2.75, 3.05) is 6.26 Å². The van der Waals surface area contributed by atoms with Crippen molar-refractivity contribution < 1.29 is 17.2 Å². The number of halogens is 2. The average molecular weight is 303 g/mol. The SMILES string of the molecule is CS(=O)(=O)C1CCCC(C(N)c2ccc(F)cc2F)C1. The second-order valence-electron chi connectivity index (χ2n) is 5.57. The van der Waals surface area contributed by atoms with Gasteiger partial charge in [-0.15, -0.1) is 0 Å². The summed E-state index contributed by atoms with van der Waals surface area (Å²) >= 11 is 0. The molecule has 3 unspecified atom stereocenters. The Labute approximate surface area is 118 Å². The Balaban J connectivity index is 2.18. The lowest BCUT2D eigenvalue weighted by Gasteiger charge is -2.32. The Morgan fingerprint density at radius 3 is 2.60 bits per heavy atom. The van der Waals surface area contributed by atoms with Gasteiger partial charge in [0.25, 0.3) is 0 Å². The molecule has 1 saturated carbocycles. The first kappa shape index (κ1) is 15.4. The lowest BCUT2D eigenvalue weighted by atomic mass is 9.81. The smallest absolute Gasteiger partial charge is 0.150 e. The summed E-state index contributed by atoms with van der Waals surface area (Å²) in [6.45, 7) is 0. The highest BCUT2D eigenvalue weighted by Crippen LogP contribution is 2.36. The van der Waals surface area contributed by atoms with Gasteiger partial charge in [-0.3, -0.25) is 0 Å². The summed E-state index contributed by atoms with van der Waals surface area (Å²) < 4.78 is 49.9. The quantitative estimate of drug-likeness (QED) is 0.933. The van der Waals surface area contributed by atoms with Crippen LogP contribution in [0.1, 0.15) is 37.3 Å². The van der Waals surface area contributed by atoms with Gasteiger partial charge in [0, 0.05) is 23.9 Å². The van der Waals surface area contributed by atoms with E-state index in [2.05, 4.69) is 0 Å². The van der Waals surface area contributed by atoms with Gasteiger partial charge in [0.2, 0.25) is 0 Å². The van der Waals surface area contributed by atoms with Crippen molar-refractivity contribution in [2.45, 2.75) is 37.0 Å². The van der Waals surface area contributed by atoms with Crippen molar-refractivity contribution in [1.29, 1.82) is 0 Å². The molecule has 1 aromatic carbocycles. The molecule has 0 aromatic heterocycles. The summed E-state index contributed by atoms with van der Waals surface area (Å²) in [6.07, 6.45) is 3.83. The van der Waals surface area contributed by atoms with E-state index in [1.165, 1.54) is 18.4 Å². The van der Waals surface area contributed by atoms with Crippen molar-refractivity contribution in [3.63, 3.8) is 0 Å². The van der Waals surface area contributed by atoms with Crippen molar-refractivity contribution in [2.24, 2.45) is 11.7 Å². The Hall–Kier alpha value is -1.01. The minimum atomic E-state index is -3.10. The van der Waals surface area contributed by atoms with Crippen LogP contribution in [0.2, 0.25) is 0 Å². The molecular weight excluding hydrogens is 284 g/mol. The second-order valence-corrected chi connectivity index (χ2v) is 7.90. The topological polar surface area (TPSA) is 60.2 Å². The standard InChI is InChI=1S/C14H19F2NO2S/c1-20(18,19)11-4-2-3-9(7-11)14(17)12-6-5-10(15)8-13(12)16/h5-6,8-9,11,14H,2-4,7,17H2,1H3. The molecule has 3 atom stereocenters. The molecule has 0 heterocycles. The molecule has 112 valence electrons. The van der Waals surface area contributed by atoms with Crippen LogP contribution in [0.25, 0.3) is 0 Å². The van der Waals surface area contributed by atoms with Gasteiger partial charge in [0.1, 0.15) is 21.5 Å². The fourth-order valence-corrected chi connectivity index (χ4v) is 4.11. The molecule has 0 bridgehead atoms. The largest absolute Gasteiger partial charge is 0.324 e. The maximum Gasteiger partial charge on any atom is 0.150 e. The van der Waals surface area contributed by atoms with Gasteiger partial charge < -0.3 is 5.73 Å². The second kappa shape index (κ2) is 5.77. The third-order valence-corrected chi connectivity index (χ3v) is 5.74. The van der Waals surface area contributed by atoms with Gasteiger partial charge in [0.05, 0.1) is 5.25 Å². The van der Waals surface area contributed by atoms with E-state index in [0.29, 0.717) is 12.8 Å². The van der Waals surface area contributed by atoms with E-state index in [1.807, 2.05) is 0 Å². The van der Waals surface area contributed by atoms with Crippen molar-refractivity contribution >= 4 is 9.84 Å². The van der Waals surface area contributed by atoms with Crippen LogP contribution in [0.5, 0.6) is 0 Å². The first-order valence-electron chi connectivity index (χ1n) is 6.68. The summed E-state index contributed by atoms with van der Waals surface area (Å²) in [5, 5.41) is -0.407. The van der Waals surface area contributed by atoms with E-state index in [0.717, 1.165) is 18.9 Å². The maximum atomic E-state index is 13.7. The zero-order valence-corrected chi connectivity index (χ0v) is 12.2. The predicted octanol–water partition coefficient (Wildman–Crippen LogP) is 2.57. The van der Waals surface area contributed by atoms with Crippen LogP contribution in [0.15, 0.2) is 18.2 Å². The Kier molecular flexibility index (Phi) is 4.44. The van der Waals surface area contributed by atoms with Crippen LogP contribution in [-0.2, 0) is 9.84 Å². The molecule has 3 nitrogen and oxygen atoms in total. The maximum absolute atomic E-state index is 13.7. The first-order valence-corrected chi connectivity index (χ1v) is 8.64. The minimum absolute atomic E-state index is 0.0940. The van der Waals surface area contributed by atoms with Crippen LogP contribution in [0, 0.1) is 17.6 Å². The minimum Gasteiger partial charge on any atom is -0.324 e. The molecule has 1 fully saturated rings. The molecule has 1 aliphatic carbocycles. The number of sulfone groups is 1. The Bertz CT molecular complexity index is 589. The monoisotopic (exact) mass is 303 g/mol. The molecule has 0 saturated heterocycles. The molecule has 1 aromatic rings. The van der Waals surface area contributed by atoms with E-state index < -0.39 is 32.8 Å². The lowest BCUT2D eigenvalue weighted by molar-refractivity contribution is 0.304. The fourth-order valence-electron chi connectivity index (χ4n) is 2.92. The molecule has 0 spiro atoms. The molecule has 2 N–H and O–H groups in total. The van der Waals surface area contributed by atoms with Crippen molar-refractivity contribution in [1.82, 2.24) is 0 Å². The van der Waals surface area contributed by atoms with E-state index >= 15 is 0 Å². The summed E-state index contributed by atoms with van der Waals surface area (Å²) in [4.78, 5) is 0. The van der Waals surface area contributed by atoms with E-state index in [-0.39, 0.29) is 11.5 Å². The lowest BCUT2D eigenvalue weighted by Crippen LogP contribution is -2.33. The fraction of sp³-hybridized carbons (Fsp3) is 0.571. The van der Waals surface area contributed by atoms with Gasteiger partial charge in [-0.2, -0.15) is 0 Å². The normalized spacial score (nSPS) is 25.4. The highest BCUT2D eigenvalue weighted by molar-refractivity contribution is 7.91. The van der Waals surface area contributed by atoms with Crippen LogP contribution < -0.4 is 5.73 Å². The molecule has 6 heteroatoms. The Morgan fingerprint density at radius 2 is 2.00 bits per heavy atom. The summed E-state index contributed by atoms with van der Waals surface area (Å²) in [6, 6.07) is 2.74. The average Bonchev–Trinajstić information content (AvgIpc) is 2.37. The van der Waals surface area contributed by atoms with Gasteiger partial charge in [-0.05, 0) is 31.2 Å². The highest BCUT2D eigenvalue weighted by atomic mass is 32.2. The van der Waals surface area contributed by atoms with E-state index in [9.17, 15) is 17.2 Å². The molecule has 1 aliphatic rings. The molecule has 20 heavy (non-hydrogen) atoms. The Morgan fingerprint density at radius 1 is 1.30 bits per heavy atom. The third kappa shape index (κ3) is 3.35. The van der Waals surface area contributed by atoms with Crippen LogP contribution in [-0.4, -0.2) is 19.9 Å². The third-order valence-electron chi connectivity index (χ3n) is 4.10. The van der Waals surface area contributed by atoms with Gasteiger partial charge in [0.15, 0.2) is 0 Å². The highest BCUT2D eigenvalue weighted by Gasteiger charge is 2.33. The molecule has 2 rings (SSSR count). The summed E-state index contributed by atoms with van der Waals surface area (Å²) in [5.41, 5.74) is 6.32. The number of hydrogen-bond donors (Lipinski definition) is 1. The molecule has 0 aliphatic heterocycles. The zero-order chi connectivity index (χ0) is 14.9. The van der Waals surface area contributed by atoms with Crippen LogP contribution in [0.3, 0.4) is 0 Å². The number of rotatable bonds is 3. The summed E-state index contributed by atoms with van der Waals surface area (Å²) in [7, 11) is -3.10. The number of nitrogens with two attached hydrogens (primary N) is 1. The summed E-state index contributed by atoms with van der Waals surface area (Å²) in [5.74, 6) is -1.40. The van der Waals surface area contributed by atoms with E-state index in [1.54, 1.807) is 0 Å². The predicted molar refractivity (Wildman–Crippen MR) is 73.9 cm³/mol. The van der Waals surface area contributed by atoms with Crippen LogP contribution in [0.4, 0.5) is 8.78 Å². The number of hydrogen-bond acceptors (Lipinski definition) is 3. The molecule has 0 radical (unpaired) electrons. The molecular formula is C14H19F2NO2S. The van der Waals surface area contributed by atoms with Gasteiger partial charge in [-0.1, -0.05) is 12.5 Å². The number of benzene rings is 1. The zero-order valence-electron chi connectivity index (χ0n) is 11.4. The first-order chi connectivity index (χ1) is 9.29. The molecule has 0 amide bonds. The van der Waals surface area contributed by atoms with E-state index in [4.69, 9.17) is 5.73 Å². The van der Waals surface area contributed by atoms with Crippen LogP contribution >= 0.6 is 0 Å². The van der Waals surface area contributed by atoms with Gasteiger partial charge in [-0.25, -0.2) is 17.2 Å². The van der Waals surface area contributed by atoms with Crippen molar-refractivity contribution in [3.8, 4) is 0 Å². The van der Waals surface area contributed by atoms with Crippen molar-refractivity contribution in [3.05, 3.63) is 35.4 Å². The van der Waals surface area contributed by atoms with Gasteiger partial charge >= 0.3 is 0 Å².